The fraction of sp³-hybridized carbons (Fsp3) is 0.189. The third-order valence-corrected chi connectivity index (χ3v) is 8.51. The summed E-state index contributed by atoms with van der Waals surface area (Å²) in [4.78, 5) is 55.2. The summed E-state index contributed by atoms with van der Waals surface area (Å²) in [5.41, 5.74) is 9.88. The molecular formula is C37H36ClFN6O5. The molecule has 0 saturated carbocycles. The van der Waals surface area contributed by atoms with Gasteiger partial charge in [-0.2, -0.15) is 0 Å². The topological polar surface area (TPSA) is 157 Å². The predicted molar refractivity (Wildman–Crippen MR) is 190 cm³/mol. The van der Waals surface area contributed by atoms with Crippen LogP contribution in [0.25, 0.3) is 11.1 Å². The zero-order valence-corrected chi connectivity index (χ0v) is 28.1. The number of carboxylic acids is 1. The van der Waals surface area contributed by atoms with E-state index in [0.717, 1.165) is 22.9 Å². The zero-order valence-electron chi connectivity index (χ0n) is 27.4. The van der Waals surface area contributed by atoms with Crippen LogP contribution in [-0.2, 0) is 16.0 Å². The minimum atomic E-state index is -1.14. The lowest BCUT2D eigenvalue weighted by atomic mass is 9.85. The van der Waals surface area contributed by atoms with Crippen LogP contribution in [0.2, 0.25) is 5.02 Å². The molecule has 4 aromatic rings. The molecule has 11 nitrogen and oxygen atoms in total. The van der Waals surface area contributed by atoms with Gasteiger partial charge in [0.25, 0.3) is 17.7 Å². The third kappa shape index (κ3) is 8.11. The van der Waals surface area contributed by atoms with Gasteiger partial charge in [-0.05, 0) is 91.3 Å². The van der Waals surface area contributed by atoms with Crippen LogP contribution in [0.3, 0.4) is 0 Å². The lowest BCUT2D eigenvalue weighted by Gasteiger charge is -2.37. The standard InChI is InChI=1S/C37H36ClFN6O5/c1-44(2)20-18-41-34(46)23-11-9-22(10-12-23)26-5-3-6-28-27(26)17-19-45(33(28)35(47)43-25-15-13-24(14-16-25)37(49)50)36(48)30(40)21-42-31-8-4-7-29(38)32(31)39/h3-16,21,33,42H,17-20,40H2,1-2H3,(H,41,46)(H,43,47)(H,49,50)/b30-21-. The van der Waals surface area contributed by atoms with Crippen molar-refractivity contribution in [3.05, 3.63) is 130 Å². The Labute approximate surface area is 293 Å². The first-order chi connectivity index (χ1) is 23.9. The SMILES string of the molecule is CN(C)CCNC(=O)c1ccc(-c2cccc3c2CCN(C(=O)/C(N)=C/Nc2cccc(Cl)c2F)C3C(=O)Nc2ccc(C(=O)O)cc2)cc1. The Kier molecular flexibility index (Phi) is 11.1. The largest absolute Gasteiger partial charge is 0.478 e. The molecule has 1 heterocycles. The summed E-state index contributed by atoms with van der Waals surface area (Å²) in [5.74, 6) is -3.23. The van der Waals surface area contributed by atoms with Crippen LogP contribution in [0, 0.1) is 5.82 Å². The number of benzene rings is 4. The molecule has 1 atom stereocenters. The Hall–Kier alpha value is -5.72. The number of nitrogens with zero attached hydrogens (tertiary/aromatic N) is 2. The second kappa shape index (κ2) is 15.7. The van der Waals surface area contributed by atoms with E-state index in [1.54, 1.807) is 24.3 Å². The first-order valence-corrected chi connectivity index (χ1v) is 16.1. The van der Waals surface area contributed by atoms with Gasteiger partial charge in [0.2, 0.25) is 0 Å². The smallest absolute Gasteiger partial charge is 0.335 e. The van der Waals surface area contributed by atoms with Crippen LogP contribution in [0.1, 0.15) is 37.9 Å². The molecule has 6 N–H and O–H groups in total. The monoisotopic (exact) mass is 698 g/mol. The van der Waals surface area contributed by atoms with Gasteiger partial charge in [0, 0.05) is 37.1 Å². The molecule has 0 bridgehead atoms. The molecule has 0 fully saturated rings. The molecule has 50 heavy (non-hydrogen) atoms. The fourth-order valence-corrected chi connectivity index (χ4v) is 5.82. The van der Waals surface area contributed by atoms with Gasteiger partial charge in [0.05, 0.1) is 16.3 Å². The van der Waals surface area contributed by atoms with E-state index in [-0.39, 0.29) is 34.4 Å². The van der Waals surface area contributed by atoms with Crippen LogP contribution >= 0.6 is 11.6 Å². The highest BCUT2D eigenvalue weighted by Gasteiger charge is 2.37. The van der Waals surface area contributed by atoms with Crippen LogP contribution in [-0.4, -0.2) is 72.3 Å². The van der Waals surface area contributed by atoms with Gasteiger partial charge in [-0.15, -0.1) is 0 Å². The van der Waals surface area contributed by atoms with Gasteiger partial charge in [-0.3, -0.25) is 14.4 Å². The van der Waals surface area contributed by atoms with Crippen LogP contribution in [0.4, 0.5) is 15.8 Å². The van der Waals surface area contributed by atoms with Crippen molar-refractivity contribution in [3.63, 3.8) is 0 Å². The van der Waals surface area contributed by atoms with E-state index in [1.165, 1.54) is 47.4 Å². The highest BCUT2D eigenvalue weighted by Crippen LogP contribution is 2.37. The number of fused-ring (bicyclic) bond motifs is 1. The number of carbonyl (C=O) groups excluding carboxylic acids is 3. The summed E-state index contributed by atoms with van der Waals surface area (Å²) >= 11 is 5.88. The van der Waals surface area contributed by atoms with Crippen molar-refractivity contribution in [2.24, 2.45) is 5.73 Å². The number of rotatable bonds is 11. The molecule has 5 rings (SSSR count). The highest BCUT2D eigenvalue weighted by atomic mass is 35.5. The molecule has 4 aromatic carbocycles. The van der Waals surface area contributed by atoms with Crippen molar-refractivity contribution in [2.75, 3.05) is 44.4 Å². The van der Waals surface area contributed by atoms with Gasteiger partial charge in [0.15, 0.2) is 5.82 Å². The number of hydrogen-bond acceptors (Lipinski definition) is 7. The number of carbonyl (C=O) groups is 4. The Morgan fingerprint density at radius 1 is 0.980 bits per heavy atom. The minimum absolute atomic E-state index is 0.0121. The number of halogens is 2. The molecule has 0 aliphatic carbocycles. The van der Waals surface area contributed by atoms with Crippen molar-refractivity contribution in [1.82, 2.24) is 15.1 Å². The van der Waals surface area contributed by atoms with Crippen molar-refractivity contribution in [3.8, 4) is 11.1 Å². The molecule has 13 heteroatoms. The summed E-state index contributed by atoms with van der Waals surface area (Å²) in [7, 11) is 3.86. The Morgan fingerprint density at radius 3 is 2.34 bits per heavy atom. The van der Waals surface area contributed by atoms with E-state index < -0.39 is 29.6 Å². The number of amides is 3. The Bertz CT molecular complexity index is 1950. The number of likely N-dealkylation sites (N-methyl/N-ethyl adjacent to an activating group) is 1. The molecule has 0 radical (unpaired) electrons. The van der Waals surface area contributed by atoms with E-state index in [9.17, 15) is 28.7 Å². The van der Waals surface area contributed by atoms with Gasteiger partial charge >= 0.3 is 5.97 Å². The second-order valence-electron chi connectivity index (χ2n) is 11.9. The van der Waals surface area contributed by atoms with Crippen LogP contribution in [0.5, 0.6) is 0 Å². The zero-order chi connectivity index (χ0) is 35.9. The molecule has 0 aromatic heterocycles. The predicted octanol–water partition coefficient (Wildman–Crippen LogP) is 5.11. The number of hydrogen-bond donors (Lipinski definition) is 5. The van der Waals surface area contributed by atoms with Crippen molar-refractivity contribution < 1.29 is 28.7 Å². The summed E-state index contributed by atoms with van der Waals surface area (Å²) in [6.07, 6.45) is 1.53. The maximum atomic E-state index is 14.5. The average Bonchev–Trinajstić information content (AvgIpc) is 3.11. The first-order valence-electron chi connectivity index (χ1n) is 15.7. The lowest BCUT2D eigenvalue weighted by molar-refractivity contribution is -0.136. The Morgan fingerprint density at radius 2 is 1.66 bits per heavy atom. The van der Waals surface area contributed by atoms with Crippen molar-refractivity contribution in [2.45, 2.75) is 12.5 Å². The van der Waals surface area contributed by atoms with Crippen LogP contribution < -0.4 is 21.7 Å². The molecule has 3 amide bonds. The first kappa shape index (κ1) is 35.6. The van der Waals surface area contributed by atoms with Crippen molar-refractivity contribution >= 4 is 46.7 Å². The Balaban J connectivity index is 1.46. The lowest BCUT2D eigenvalue weighted by Crippen LogP contribution is -2.47. The normalized spacial score (nSPS) is 14.1. The fourth-order valence-electron chi connectivity index (χ4n) is 5.64. The van der Waals surface area contributed by atoms with Crippen LogP contribution in [0.15, 0.2) is 96.8 Å². The van der Waals surface area contributed by atoms with E-state index in [2.05, 4.69) is 16.0 Å². The highest BCUT2D eigenvalue weighted by molar-refractivity contribution is 6.31. The maximum Gasteiger partial charge on any atom is 0.335 e. The summed E-state index contributed by atoms with van der Waals surface area (Å²) in [5, 5.41) is 17.5. The summed E-state index contributed by atoms with van der Waals surface area (Å²) < 4.78 is 14.5. The van der Waals surface area contributed by atoms with E-state index in [1.807, 2.05) is 37.2 Å². The molecule has 0 spiro atoms. The quantitative estimate of drug-likeness (QED) is 0.135. The van der Waals surface area contributed by atoms with Gasteiger partial charge in [0.1, 0.15) is 11.7 Å². The minimum Gasteiger partial charge on any atom is -0.478 e. The van der Waals surface area contributed by atoms with Crippen molar-refractivity contribution in [1.29, 1.82) is 0 Å². The van der Waals surface area contributed by atoms with Gasteiger partial charge in [-0.25, -0.2) is 9.18 Å². The van der Waals surface area contributed by atoms with Gasteiger partial charge in [-0.1, -0.05) is 48.0 Å². The number of anilines is 2. The maximum absolute atomic E-state index is 14.5. The summed E-state index contributed by atoms with van der Waals surface area (Å²) in [6.45, 7) is 1.33. The third-order valence-electron chi connectivity index (χ3n) is 8.21. The average molecular weight is 699 g/mol. The number of nitrogens with two attached hydrogens (primary N) is 1. The second-order valence-corrected chi connectivity index (χ2v) is 12.3. The number of aromatic carboxylic acids is 1. The number of nitrogens with one attached hydrogen (secondary N) is 3. The van der Waals surface area contributed by atoms with E-state index in [0.29, 0.717) is 36.3 Å². The van der Waals surface area contributed by atoms with E-state index >= 15 is 0 Å². The van der Waals surface area contributed by atoms with E-state index in [4.69, 9.17) is 17.3 Å². The molecule has 1 unspecified atom stereocenters. The molecule has 1 aliphatic heterocycles. The number of carboxylic acid groups (broad SMARTS) is 1. The molecule has 1 aliphatic rings. The molecule has 0 saturated heterocycles. The summed E-state index contributed by atoms with van der Waals surface area (Å²) in [6, 6.07) is 21.5. The van der Waals surface area contributed by atoms with Gasteiger partial charge < -0.3 is 36.6 Å². The molecular weight excluding hydrogens is 663 g/mol. The molecule has 258 valence electrons.